The summed E-state index contributed by atoms with van der Waals surface area (Å²) in [6.07, 6.45) is 3.75. The number of benzene rings is 2. The first-order chi connectivity index (χ1) is 11.3. The van der Waals surface area contributed by atoms with Crippen LogP contribution < -0.4 is 0 Å². The van der Waals surface area contributed by atoms with E-state index in [-0.39, 0.29) is 0 Å². The van der Waals surface area contributed by atoms with E-state index in [2.05, 4.69) is 15.3 Å². The van der Waals surface area contributed by atoms with E-state index in [0.29, 0.717) is 5.02 Å². The highest BCUT2D eigenvalue weighted by Gasteiger charge is 2.12. The summed E-state index contributed by atoms with van der Waals surface area (Å²) < 4.78 is 1.83. The number of hydrogen-bond acceptors (Lipinski definition) is 4. The third kappa shape index (κ3) is 2.76. The van der Waals surface area contributed by atoms with Gasteiger partial charge < -0.3 is 0 Å². The highest BCUT2D eigenvalue weighted by atomic mass is 35.5. The smallest absolute Gasteiger partial charge is 0.151 e. The Balaban J connectivity index is 1.68. The monoisotopic (exact) mass is 338 g/mol. The number of aromatic nitrogens is 4. The lowest BCUT2D eigenvalue weighted by atomic mass is 10.2. The van der Waals surface area contributed by atoms with Crippen LogP contribution in [0.15, 0.2) is 67.0 Å². The molecule has 112 valence electrons. The molecular formula is C17H11ClN4S. The van der Waals surface area contributed by atoms with Crippen LogP contribution in [-0.4, -0.2) is 20.0 Å². The van der Waals surface area contributed by atoms with Crippen molar-refractivity contribution in [3.8, 4) is 26.8 Å². The Hall–Kier alpha value is -2.50. The lowest BCUT2D eigenvalue weighted by Gasteiger charge is -1.98. The second kappa shape index (κ2) is 5.95. The Labute approximate surface area is 142 Å². The lowest BCUT2D eigenvalue weighted by Crippen LogP contribution is -1.92. The summed E-state index contributed by atoms with van der Waals surface area (Å²) >= 11 is 7.72. The maximum absolute atomic E-state index is 6.22. The van der Waals surface area contributed by atoms with Gasteiger partial charge in [-0.15, -0.1) is 10.2 Å². The number of nitrogens with zero attached hydrogens (tertiary/aromatic N) is 4. The Bertz CT molecular complexity index is 946. The van der Waals surface area contributed by atoms with Crippen molar-refractivity contribution in [2.45, 2.75) is 0 Å². The SMILES string of the molecule is Clc1ccccc1-c1nnc(-c2cnn(-c3ccccc3)c2)s1. The first-order valence-corrected chi connectivity index (χ1v) is 8.19. The fourth-order valence-electron chi connectivity index (χ4n) is 2.24. The molecular weight excluding hydrogens is 328 g/mol. The average Bonchev–Trinajstić information content (AvgIpc) is 3.25. The molecule has 4 nitrogen and oxygen atoms in total. The van der Waals surface area contributed by atoms with Crippen LogP contribution in [0, 0.1) is 0 Å². The molecule has 0 amide bonds. The van der Waals surface area contributed by atoms with E-state index in [4.69, 9.17) is 11.6 Å². The van der Waals surface area contributed by atoms with Crippen LogP contribution in [0.3, 0.4) is 0 Å². The molecule has 2 heterocycles. The molecule has 4 aromatic rings. The molecule has 0 saturated carbocycles. The number of halogens is 1. The largest absolute Gasteiger partial charge is 0.240 e. The van der Waals surface area contributed by atoms with Gasteiger partial charge in [0.1, 0.15) is 5.01 Å². The highest BCUT2D eigenvalue weighted by molar-refractivity contribution is 7.18. The predicted molar refractivity (Wildman–Crippen MR) is 92.9 cm³/mol. The molecule has 0 bridgehead atoms. The quantitative estimate of drug-likeness (QED) is 0.543. The van der Waals surface area contributed by atoms with Gasteiger partial charge in [-0.2, -0.15) is 5.10 Å². The van der Waals surface area contributed by atoms with Crippen LogP contribution in [0.25, 0.3) is 26.8 Å². The van der Waals surface area contributed by atoms with Crippen molar-refractivity contribution >= 4 is 22.9 Å². The topological polar surface area (TPSA) is 43.6 Å². The minimum Gasteiger partial charge on any atom is -0.240 e. The Morgan fingerprint density at radius 3 is 2.43 bits per heavy atom. The lowest BCUT2D eigenvalue weighted by molar-refractivity contribution is 0.880. The molecule has 0 aliphatic heterocycles. The second-order valence-electron chi connectivity index (χ2n) is 4.90. The van der Waals surface area contributed by atoms with E-state index in [9.17, 15) is 0 Å². The summed E-state index contributed by atoms with van der Waals surface area (Å²) in [7, 11) is 0. The van der Waals surface area contributed by atoms with Gasteiger partial charge in [0.05, 0.1) is 22.5 Å². The van der Waals surface area contributed by atoms with Crippen LogP contribution in [0.5, 0.6) is 0 Å². The Kier molecular flexibility index (Phi) is 3.65. The van der Waals surface area contributed by atoms with Crippen LogP contribution in [-0.2, 0) is 0 Å². The average molecular weight is 339 g/mol. The molecule has 0 aliphatic carbocycles. The molecule has 4 rings (SSSR count). The molecule has 0 fully saturated rings. The van der Waals surface area contributed by atoms with Crippen molar-refractivity contribution in [2.24, 2.45) is 0 Å². The molecule has 0 unspecified atom stereocenters. The zero-order valence-corrected chi connectivity index (χ0v) is 13.5. The first kappa shape index (κ1) is 14.1. The summed E-state index contributed by atoms with van der Waals surface area (Å²) in [4.78, 5) is 0. The van der Waals surface area contributed by atoms with E-state index < -0.39 is 0 Å². The van der Waals surface area contributed by atoms with Crippen LogP contribution in [0.2, 0.25) is 5.02 Å². The molecule has 0 aliphatic rings. The minimum absolute atomic E-state index is 0.676. The van der Waals surface area contributed by atoms with E-state index in [1.807, 2.05) is 65.5 Å². The molecule has 2 aromatic carbocycles. The standard InChI is InChI=1S/C17H11ClN4S/c18-15-9-5-4-8-14(15)17-21-20-16(23-17)12-10-19-22(11-12)13-6-2-1-3-7-13/h1-11H. The van der Waals surface area contributed by atoms with Crippen molar-refractivity contribution in [3.63, 3.8) is 0 Å². The zero-order valence-electron chi connectivity index (χ0n) is 11.9. The molecule has 0 saturated heterocycles. The first-order valence-electron chi connectivity index (χ1n) is 7.00. The number of rotatable bonds is 3. The Morgan fingerprint density at radius 1 is 0.870 bits per heavy atom. The minimum atomic E-state index is 0.676. The van der Waals surface area contributed by atoms with Crippen molar-refractivity contribution in [1.82, 2.24) is 20.0 Å². The fourth-order valence-corrected chi connectivity index (χ4v) is 3.38. The highest BCUT2D eigenvalue weighted by Crippen LogP contribution is 2.33. The van der Waals surface area contributed by atoms with Gasteiger partial charge in [-0.05, 0) is 18.2 Å². The van der Waals surface area contributed by atoms with Crippen molar-refractivity contribution in [2.75, 3.05) is 0 Å². The summed E-state index contributed by atoms with van der Waals surface area (Å²) in [5, 5.41) is 15.2. The molecule has 0 atom stereocenters. The third-order valence-corrected chi connectivity index (χ3v) is 4.71. The molecule has 0 N–H and O–H groups in total. The normalized spacial score (nSPS) is 10.8. The zero-order chi connectivity index (χ0) is 15.6. The van der Waals surface area contributed by atoms with Gasteiger partial charge in [0.25, 0.3) is 0 Å². The van der Waals surface area contributed by atoms with E-state index in [0.717, 1.165) is 26.8 Å². The van der Waals surface area contributed by atoms with Gasteiger partial charge in [0, 0.05) is 11.8 Å². The van der Waals surface area contributed by atoms with Gasteiger partial charge in [-0.1, -0.05) is 59.3 Å². The van der Waals surface area contributed by atoms with E-state index in [1.54, 1.807) is 6.20 Å². The second-order valence-corrected chi connectivity index (χ2v) is 6.29. The summed E-state index contributed by atoms with van der Waals surface area (Å²) in [6.45, 7) is 0. The maximum Gasteiger partial charge on any atom is 0.151 e. The van der Waals surface area contributed by atoms with Crippen LogP contribution in [0.4, 0.5) is 0 Å². The summed E-state index contributed by atoms with van der Waals surface area (Å²) in [5.41, 5.74) is 2.84. The molecule has 0 radical (unpaired) electrons. The van der Waals surface area contributed by atoms with E-state index in [1.165, 1.54) is 11.3 Å². The number of hydrogen-bond donors (Lipinski definition) is 0. The number of para-hydroxylation sites is 1. The molecule has 23 heavy (non-hydrogen) atoms. The van der Waals surface area contributed by atoms with Gasteiger partial charge in [0.15, 0.2) is 5.01 Å². The van der Waals surface area contributed by atoms with Gasteiger partial charge in [0.2, 0.25) is 0 Å². The Morgan fingerprint density at radius 2 is 1.61 bits per heavy atom. The van der Waals surface area contributed by atoms with Crippen molar-refractivity contribution < 1.29 is 0 Å². The van der Waals surface area contributed by atoms with Gasteiger partial charge in [-0.3, -0.25) is 0 Å². The van der Waals surface area contributed by atoms with Gasteiger partial charge in [-0.25, -0.2) is 4.68 Å². The molecule has 6 heteroatoms. The summed E-state index contributed by atoms with van der Waals surface area (Å²) in [5.74, 6) is 0. The summed E-state index contributed by atoms with van der Waals surface area (Å²) in [6, 6.07) is 17.6. The van der Waals surface area contributed by atoms with Gasteiger partial charge >= 0.3 is 0 Å². The van der Waals surface area contributed by atoms with Crippen LogP contribution >= 0.6 is 22.9 Å². The third-order valence-electron chi connectivity index (χ3n) is 3.38. The molecule has 0 spiro atoms. The fraction of sp³-hybridized carbons (Fsp3) is 0. The van der Waals surface area contributed by atoms with Crippen LogP contribution in [0.1, 0.15) is 0 Å². The maximum atomic E-state index is 6.22. The van der Waals surface area contributed by atoms with E-state index >= 15 is 0 Å². The molecule has 2 aromatic heterocycles. The predicted octanol–water partition coefficient (Wildman–Crippen LogP) is 4.71. The van der Waals surface area contributed by atoms with Crippen molar-refractivity contribution in [3.05, 3.63) is 72.0 Å². The van der Waals surface area contributed by atoms with Crippen molar-refractivity contribution in [1.29, 1.82) is 0 Å².